The zero-order chi connectivity index (χ0) is 8.27. The lowest BCUT2D eigenvalue weighted by atomic mass is 10.2. The van der Waals surface area contributed by atoms with Gasteiger partial charge in [0, 0.05) is 19.6 Å². The maximum absolute atomic E-state index is 6.77. The van der Waals surface area contributed by atoms with Crippen molar-refractivity contribution in [3.05, 3.63) is 11.4 Å². The first-order valence-corrected chi connectivity index (χ1v) is 3.96. The summed E-state index contributed by atoms with van der Waals surface area (Å²) in [5.74, 6) is 0. The van der Waals surface area contributed by atoms with Crippen LogP contribution in [0.1, 0.15) is 0 Å². The average Bonchev–Trinajstić information content (AvgIpc) is 1.98. The van der Waals surface area contributed by atoms with Crippen LogP contribution >= 0.6 is 0 Å². The summed E-state index contributed by atoms with van der Waals surface area (Å²) >= 11 is 0. The van der Waals surface area contributed by atoms with Gasteiger partial charge in [0.1, 0.15) is 0 Å². The van der Waals surface area contributed by atoms with Crippen molar-refractivity contribution in [2.75, 3.05) is 40.3 Å². The van der Waals surface area contributed by atoms with E-state index in [0.717, 1.165) is 19.6 Å². The second kappa shape index (κ2) is 3.70. The van der Waals surface area contributed by atoms with E-state index in [9.17, 15) is 0 Å². The van der Waals surface area contributed by atoms with Gasteiger partial charge in [-0.2, -0.15) is 0 Å². The third kappa shape index (κ3) is 2.18. The molecule has 0 bridgehead atoms. The third-order valence-corrected chi connectivity index (χ3v) is 2.28. The Kier molecular flexibility index (Phi) is 2.86. The minimum atomic E-state index is 0.450. The first-order chi connectivity index (χ1) is 5.24. The fourth-order valence-electron chi connectivity index (χ4n) is 1.40. The summed E-state index contributed by atoms with van der Waals surface area (Å²) in [4.78, 5) is 7.99. The highest BCUT2D eigenvalue weighted by Gasteiger charge is 2.23. The monoisotopic (exact) mass is 153 g/mol. The van der Waals surface area contributed by atoms with Crippen LogP contribution in [0, 0.1) is 6.57 Å². The summed E-state index contributed by atoms with van der Waals surface area (Å²) in [5, 5.41) is 0. The molecule has 1 aliphatic heterocycles. The van der Waals surface area contributed by atoms with Crippen molar-refractivity contribution in [1.29, 1.82) is 0 Å². The molecular weight excluding hydrogens is 138 g/mol. The van der Waals surface area contributed by atoms with Gasteiger partial charge in [0.05, 0.1) is 6.04 Å². The minimum absolute atomic E-state index is 0.450. The Bertz CT molecular complexity index is 161. The van der Waals surface area contributed by atoms with E-state index < -0.39 is 0 Å². The Morgan fingerprint density at radius 2 is 2.18 bits per heavy atom. The van der Waals surface area contributed by atoms with E-state index in [2.05, 4.69) is 28.7 Å². The van der Waals surface area contributed by atoms with Crippen LogP contribution < -0.4 is 0 Å². The molecule has 0 radical (unpaired) electrons. The summed E-state index contributed by atoms with van der Waals surface area (Å²) in [5.41, 5.74) is 0. The largest absolute Gasteiger partial charge is 0.315 e. The number of hydrogen-bond donors (Lipinski definition) is 0. The maximum Gasteiger partial charge on any atom is 0.231 e. The molecule has 3 heteroatoms. The molecule has 3 nitrogen and oxygen atoms in total. The Balaban J connectivity index is 2.42. The molecule has 11 heavy (non-hydrogen) atoms. The van der Waals surface area contributed by atoms with Gasteiger partial charge >= 0.3 is 0 Å². The number of hydrogen-bond acceptors (Lipinski definition) is 2. The number of piperazine rings is 1. The predicted octanol–water partition coefficient (Wildman–Crippen LogP) is 0.151. The zero-order valence-corrected chi connectivity index (χ0v) is 7.25. The molecule has 62 valence electrons. The summed E-state index contributed by atoms with van der Waals surface area (Å²) in [6.45, 7) is 10.7. The molecule has 0 unspecified atom stereocenters. The fourth-order valence-corrected chi connectivity index (χ4v) is 1.40. The molecule has 1 rings (SSSR count). The van der Waals surface area contributed by atoms with Gasteiger partial charge in [0.2, 0.25) is 6.54 Å². The quantitative estimate of drug-likeness (QED) is 0.497. The third-order valence-electron chi connectivity index (χ3n) is 2.28. The van der Waals surface area contributed by atoms with E-state index in [1.54, 1.807) is 0 Å². The van der Waals surface area contributed by atoms with Gasteiger partial charge in [-0.15, -0.1) is 0 Å². The van der Waals surface area contributed by atoms with Gasteiger partial charge < -0.3 is 9.74 Å². The highest BCUT2D eigenvalue weighted by atomic mass is 15.3. The van der Waals surface area contributed by atoms with E-state index in [0.29, 0.717) is 12.6 Å². The SMILES string of the molecule is [C-]#[N+]C[C@H]1CN(C)CCN1C. The van der Waals surface area contributed by atoms with Gasteiger partial charge in [-0.05, 0) is 14.1 Å². The Morgan fingerprint density at radius 1 is 1.45 bits per heavy atom. The zero-order valence-electron chi connectivity index (χ0n) is 7.25. The van der Waals surface area contributed by atoms with Crippen LogP contribution in [-0.2, 0) is 0 Å². The second-order valence-corrected chi connectivity index (χ2v) is 3.24. The Morgan fingerprint density at radius 3 is 2.82 bits per heavy atom. The molecule has 0 aromatic carbocycles. The highest BCUT2D eigenvalue weighted by molar-refractivity contribution is 4.84. The first kappa shape index (κ1) is 8.51. The van der Waals surface area contributed by atoms with Gasteiger partial charge in [0.15, 0.2) is 0 Å². The van der Waals surface area contributed by atoms with Crippen LogP contribution in [-0.4, -0.2) is 56.1 Å². The highest BCUT2D eigenvalue weighted by Crippen LogP contribution is 2.05. The first-order valence-electron chi connectivity index (χ1n) is 3.96. The summed E-state index contributed by atoms with van der Waals surface area (Å²) in [7, 11) is 4.22. The van der Waals surface area contributed by atoms with Crippen LogP contribution in [0.5, 0.6) is 0 Å². The predicted molar refractivity (Wildman–Crippen MR) is 45.4 cm³/mol. The lowest BCUT2D eigenvalue weighted by Crippen LogP contribution is -2.51. The standard InChI is InChI=1S/C8H15N3/c1-9-6-8-7-10(2)4-5-11(8)3/h8H,4-7H2,2-3H3/t8-/m0/s1. The van der Waals surface area contributed by atoms with E-state index in [4.69, 9.17) is 6.57 Å². The van der Waals surface area contributed by atoms with Crippen LogP contribution in [0.3, 0.4) is 0 Å². The number of likely N-dealkylation sites (N-methyl/N-ethyl adjacent to an activating group) is 2. The molecule has 1 aliphatic rings. The van der Waals surface area contributed by atoms with Crippen molar-refractivity contribution in [1.82, 2.24) is 9.80 Å². The maximum atomic E-state index is 6.77. The molecule has 0 aromatic heterocycles. The molecule has 1 saturated heterocycles. The van der Waals surface area contributed by atoms with Crippen LogP contribution in [0.15, 0.2) is 0 Å². The molecule has 1 heterocycles. The van der Waals surface area contributed by atoms with Crippen LogP contribution in [0.4, 0.5) is 0 Å². The average molecular weight is 153 g/mol. The normalized spacial score (nSPS) is 28.3. The molecule has 0 amide bonds. The van der Waals surface area contributed by atoms with E-state index in [1.807, 2.05) is 0 Å². The fraction of sp³-hybridized carbons (Fsp3) is 0.875. The number of nitrogens with zero attached hydrogens (tertiary/aromatic N) is 3. The van der Waals surface area contributed by atoms with Crippen LogP contribution in [0.2, 0.25) is 0 Å². The lowest BCUT2D eigenvalue weighted by Gasteiger charge is -2.34. The van der Waals surface area contributed by atoms with Gasteiger partial charge in [-0.25, -0.2) is 6.57 Å². The summed E-state index contributed by atoms with van der Waals surface area (Å²) in [6.07, 6.45) is 0. The van der Waals surface area contributed by atoms with Crippen molar-refractivity contribution >= 4 is 0 Å². The molecule has 1 atom stereocenters. The van der Waals surface area contributed by atoms with E-state index >= 15 is 0 Å². The molecule has 0 saturated carbocycles. The number of rotatable bonds is 1. The molecular formula is C8H15N3. The van der Waals surface area contributed by atoms with Crippen molar-refractivity contribution in [2.24, 2.45) is 0 Å². The topological polar surface area (TPSA) is 10.8 Å². The Hall–Kier alpha value is -0.590. The van der Waals surface area contributed by atoms with Crippen LogP contribution in [0.25, 0.3) is 4.85 Å². The van der Waals surface area contributed by atoms with Crippen molar-refractivity contribution in [3.63, 3.8) is 0 Å². The second-order valence-electron chi connectivity index (χ2n) is 3.24. The van der Waals surface area contributed by atoms with Gasteiger partial charge in [-0.3, -0.25) is 4.90 Å². The molecule has 0 aromatic rings. The molecule has 1 fully saturated rings. The minimum Gasteiger partial charge on any atom is -0.315 e. The summed E-state index contributed by atoms with van der Waals surface area (Å²) in [6, 6.07) is 0.450. The summed E-state index contributed by atoms with van der Waals surface area (Å²) < 4.78 is 0. The van der Waals surface area contributed by atoms with E-state index in [-0.39, 0.29) is 0 Å². The Labute approximate surface area is 68.4 Å². The van der Waals surface area contributed by atoms with Crippen molar-refractivity contribution in [3.8, 4) is 0 Å². The van der Waals surface area contributed by atoms with E-state index in [1.165, 1.54) is 0 Å². The van der Waals surface area contributed by atoms with Gasteiger partial charge in [-0.1, -0.05) is 0 Å². The van der Waals surface area contributed by atoms with Crippen molar-refractivity contribution < 1.29 is 0 Å². The molecule has 0 aliphatic carbocycles. The molecule has 0 N–H and O–H groups in total. The molecule has 0 spiro atoms. The van der Waals surface area contributed by atoms with Gasteiger partial charge in [0.25, 0.3) is 0 Å². The van der Waals surface area contributed by atoms with Crippen molar-refractivity contribution in [2.45, 2.75) is 6.04 Å². The smallest absolute Gasteiger partial charge is 0.231 e. The lowest BCUT2D eigenvalue weighted by molar-refractivity contribution is 0.123.